The Balaban J connectivity index is 1.38. The van der Waals surface area contributed by atoms with Gasteiger partial charge in [-0.05, 0) is 62.1 Å². The van der Waals surface area contributed by atoms with Gasteiger partial charge in [-0.25, -0.2) is 14.5 Å². The number of rotatable bonds is 6. The number of hydrogen-bond acceptors (Lipinski definition) is 6. The third-order valence-electron chi connectivity index (χ3n) is 6.69. The van der Waals surface area contributed by atoms with Crippen molar-refractivity contribution >= 4 is 22.9 Å². The minimum atomic E-state index is 0.192. The molecule has 5 rings (SSSR count). The largest absolute Gasteiger partial charge is 0.497 e. The van der Waals surface area contributed by atoms with E-state index in [0.29, 0.717) is 11.9 Å². The van der Waals surface area contributed by atoms with Crippen molar-refractivity contribution in [3.05, 3.63) is 53.2 Å². The molecule has 8 heteroatoms. The van der Waals surface area contributed by atoms with Crippen LogP contribution < -0.4 is 4.74 Å². The van der Waals surface area contributed by atoms with Crippen LogP contribution in [0.2, 0.25) is 0 Å². The molecule has 0 saturated heterocycles. The van der Waals surface area contributed by atoms with Crippen molar-refractivity contribution < 1.29 is 9.57 Å². The fourth-order valence-corrected chi connectivity index (χ4v) is 4.84. The molecule has 4 aromatic rings. The Morgan fingerprint density at radius 3 is 2.55 bits per heavy atom. The number of fused-ring (bicyclic) bond motifs is 3. The SMILES string of the molecule is COc1ccc(/C=N\OCc2nc3c4c(C)c(C)n(C5CCCCCC5)c4ncn3n2)cc1. The lowest BCUT2D eigenvalue weighted by molar-refractivity contribution is 0.126. The minimum absolute atomic E-state index is 0.192. The fraction of sp³-hybridized carbons (Fsp3) is 0.440. The van der Waals surface area contributed by atoms with Crippen LogP contribution in [0.1, 0.15) is 67.2 Å². The molecule has 1 fully saturated rings. The van der Waals surface area contributed by atoms with Gasteiger partial charge in [-0.2, -0.15) is 0 Å². The summed E-state index contributed by atoms with van der Waals surface area (Å²) in [7, 11) is 1.65. The summed E-state index contributed by atoms with van der Waals surface area (Å²) < 4.78 is 9.36. The molecular weight excluding hydrogens is 416 g/mol. The van der Waals surface area contributed by atoms with Crippen LogP contribution in [0.4, 0.5) is 0 Å². The molecule has 1 aliphatic rings. The highest BCUT2D eigenvalue weighted by atomic mass is 16.6. The summed E-state index contributed by atoms with van der Waals surface area (Å²) in [6, 6.07) is 8.11. The first-order valence-electron chi connectivity index (χ1n) is 11.7. The highest BCUT2D eigenvalue weighted by molar-refractivity contribution is 5.94. The quantitative estimate of drug-likeness (QED) is 0.232. The Hall–Kier alpha value is -3.42. The number of oxime groups is 1. The Morgan fingerprint density at radius 1 is 1.06 bits per heavy atom. The normalized spacial score (nSPS) is 15.5. The molecule has 8 nitrogen and oxygen atoms in total. The summed E-state index contributed by atoms with van der Waals surface area (Å²) in [5.74, 6) is 1.38. The zero-order valence-electron chi connectivity index (χ0n) is 19.5. The smallest absolute Gasteiger partial charge is 0.192 e. The first-order chi connectivity index (χ1) is 16.2. The average Bonchev–Trinajstić information content (AvgIpc) is 3.22. The number of aryl methyl sites for hydroxylation is 1. The van der Waals surface area contributed by atoms with Gasteiger partial charge in [0, 0.05) is 11.7 Å². The van der Waals surface area contributed by atoms with Crippen LogP contribution in [0.15, 0.2) is 35.7 Å². The fourth-order valence-electron chi connectivity index (χ4n) is 4.84. The molecule has 1 aromatic carbocycles. The minimum Gasteiger partial charge on any atom is -0.497 e. The number of benzene rings is 1. The van der Waals surface area contributed by atoms with E-state index in [0.717, 1.165) is 28.0 Å². The molecule has 0 amide bonds. The van der Waals surface area contributed by atoms with Crippen LogP contribution in [-0.4, -0.2) is 37.5 Å². The van der Waals surface area contributed by atoms with Gasteiger partial charge in [0.05, 0.1) is 18.7 Å². The zero-order valence-corrected chi connectivity index (χ0v) is 19.5. The van der Waals surface area contributed by atoms with E-state index in [9.17, 15) is 0 Å². The molecule has 172 valence electrons. The molecule has 0 unspecified atom stereocenters. The van der Waals surface area contributed by atoms with Gasteiger partial charge in [0.2, 0.25) is 0 Å². The molecule has 0 spiro atoms. The molecule has 3 heterocycles. The number of hydrogen-bond donors (Lipinski definition) is 0. The second kappa shape index (κ2) is 9.21. The molecule has 0 aliphatic heterocycles. The van der Waals surface area contributed by atoms with Gasteiger partial charge in [-0.3, -0.25) is 0 Å². The average molecular weight is 447 g/mol. The van der Waals surface area contributed by atoms with Crippen molar-refractivity contribution in [1.29, 1.82) is 0 Å². The maximum atomic E-state index is 5.46. The van der Waals surface area contributed by atoms with E-state index in [1.54, 1.807) is 24.2 Å². The van der Waals surface area contributed by atoms with Gasteiger partial charge in [0.1, 0.15) is 17.7 Å². The van der Waals surface area contributed by atoms with Crippen molar-refractivity contribution in [2.75, 3.05) is 7.11 Å². The highest BCUT2D eigenvalue weighted by Crippen LogP contribution is 2.35. The maximum absolute atomic E-state index is 5.46. The van der Waals surface area contributed by atoms with E-state index in [1.807, 2.05) is 24.3 Å². The third kappa shape index (κ3) is 4.17. The number of methoxy groups -OCH3 is 1. The third-order valence-corrected chi connectivity index (χ3v) is 6.69. The summed E-state index contributed by atoms with van der Waals surface area (Å²) in [5, 5.41) is 9.69. The van der Waals surface area contributed by atoms with Gasteiger partial charge >= 0.3 is 0 Å². The van der Waals surface area contributed by atoms with Crippen LogP contribution >= 0.6 is 0 Å². The van der Waals surface area contributed by atoms with Crippen molar-refractivity contribution in [1.82, 2.24) is 24.1 Å². The van der Waals surface area contributed by atoms with Crippen molar-refractivity contribution in [2.24, 2.45) is 5.16 Å². The lowest BCUT2D eigenvalue weighted by Crippen LogP contribution is -2.10. The predicted molar refractivity (Wildman–Crippen MR) is 128 cm³/mol. The first kappa shape index (κ1) is 21.4. The number of aromatic nitrogens is 5. The molecule has 3 aromatic heterocycles. The van der Waals surface area contributed by atoms with E-state index in [-0.39, 0.29) is 6.61 Å². The van der Waals surface area contributed by atoms with Crippen LogP contribution in [0.5, 0.6) is 5.75 Å². The van der Waals surface area contributed by atoms with Gasteiger partial charge in [0.25, 0.3) is 0 Å². The molecular formula is C25H30N6O2. The standard InChI is InChI=1S/C25H30N6O2/c1-17-18(2)31(20-8-6-4-5-7-9-20)24-23(17)25-28-22(29-30(25)16-26-24)15-33-27-14-19-10-12-21(32-3)13-11-19/h10-14,16,20H,4-9,15H2,1-3H3/b27-14-. The van der Waals surface area contributed by atoms with E-state index in [1.165, 1.54) is 49.8 Å². The molecule has 1 aliphatic carbocycles. The van der Waals surface area contributed by atoms with E-state index >= 15 is 0 Å². The Morgan fingerprint density at radius 2 is 1.82 bits per heavy atom. The first-order valence-corrected chi connectivity index (χ1v) is 11.7. The van der Waals surface area contributed by atoms with E-state index in [2.05, 4.69) is 28.7 Å². The van der Waals surface area contributed by atoms with Crippen molar-refractivity contribution in [2.45, 2.75) is 65.0 Å². The highest BCUT2D eigenvalue weighted by Gasteiger charge is 2.23. The lowest BCUT2D eigenvalue weighted by Gasteiger charge is -2.19. The molecule has 0 atom stereocenters. The number of ether oxygens (including phenoxy) is 1. The van der Waals surface area contributed by atoms with Crippen LogP contribution in [0, 0.1) is 13.8 Å². The Labute approximate surface area is 193 Å². The monoisotopic (exact) mass is 446 g/mol. The second-order valence-electron chi connectivity index (χ2n) is 8.75. The summed E-state index contributed by atoms with van der Waals surface area (Å²) in [4.78, 5) is 15.0. The van der Waals surface area contributed by atoms with E-state index < -0.39 is 0 Å². The summed E-state index contributed by atoms with van der Waals surface area (Å²) in [6.45, 7) is 4.56. The summed E-state index contributed by atoms with van der Waals surface area (Å²) in [5.41, 5.74) is 5.27. The summed E-state index contributed by atoms with van der Waals surface area (Å²) >= 11 is 0. The molecule has 33 heavy (non-hydrogen) atoms. The van der Waals surface area contributed by atoms with Crippen LogP contribution in [-0.2, 0) is 11.4 Å². The molecule has 0 radical (unpaired) electrons. The van der Waals surface area contributed by atoms with Gasteiger partial charge < -0.3 is 14.1 Å². The van der Waals surface area contributed by atoms with Crippen LogP contribution in [0.3, 0.4) is 0 Å². The zero-order chi connectivity index (χ0) is 22.8. The number of nitrogens with zero attached hydrogens (tertiary/aromatic N) is 6. The van der Waals surface area contributed by atoms with Crippen LogP contribution in [0.25, 0.3) is 16.7 Å². The lowest BCUT2D eigenvalue weighted by atomic mass is 10.1. The van der Waals surface area contributed by atoms with Gasteiger partial charge in [0.15, 0.2) is 18.1 Å². The predicted octanol–water partition coefficient (Wildman–Crippen LogP) is 5.15. The van der Waals surface area contributed by atoms with Gasteiger partial charge in [-0.15, -0.1) is 5.10 Å². The molecule has 0 N–H and O–H groups in total. The Kier molecular flexibility index (Phi) is 5.98. The van der Waals surface area contributed by atoms with Crippen molar-refractivity contribution in [3.63, 3.8) is 0 Å². The molecule has 0 bridgehead atoms. The summed E-state index contributed by atoms with van der Waals surface area (Å²) in [6.07, 6.45) is 11.1. The maximum Gasteiger partial charge on any atom is 0.192 e. The van der Waals surface area contributed by atoms with E-state index in [4.69, 9.17) is 19.5 Å². The Bertz CT molecular complexity index is 1280. The molecule has 1 saturated carbocycles. The van der Waals surface area contributed by atoms with Gasteiger partial charge in [-0.1, -0.05) is 30.8 Å². The topological polar surface area (TPSA) is 78.8 Å². The van der Waals surface area contributed by atoms with Crippen molar-refractivity contribution in [3.8, 4) is 5.75 Å². The second-order valence-corrected chi connectivity index (χ2v) is 8.75.